The zero-order chi connectivity index (χ0) is 26.7. The zero-order valence-electron chi connectivity index (χ0n) is 20.1. The molecule has 0 spiro atoms. The van der Waals surface area contributed by atoms with Crippen LogP contribution in [0.5, 0.6) is 0 Å². The number of para-hydroxylation sites is 1. The molecule has 0 fully saturated rings. The third-order valence-corrected chi connectivity index (χ3v) is 6.23. The number of nitrogens with zero attached hydrogens (tertiary/aromatic N) is 3. The van der Waals surface area contributed by atoms with Crippen LogP contribution in [0.3, 0.4) is 0 Å². The number of carbonyl (C=O) groups excluding carboxylic acids is 2. The van der Waals surface area contributed by atoms with Gasteiger partial charge in [-0.05, 0) is 54.7 Å². The van der Waals surface area contributed by atoms with E-state index in [2.05, 4.69) is 10.1 Å². The van der Waals surface area contributed by atoms with E-state index in [0.717, 1.165) is 41.2 Å². The number of rotatable bonds is 6. The fraction of sp³-hybridized carbons (Fsp3) is 0.172. The smallest absolute Gasteiger partial charge is 0.416 e. The van der Waals surface area contributed by atoms with Gasteiger partial charge in [0, 0.05) is 11.1 Å². The summed E-state index contributed by atoms with van der Waals surface area (Å²) in [6, 6.07) is 20.2. The van der Waals surface area contributed by atoms with E-state index in [1.165, 1.54) is 18.3 Å². The van der Waals surface area contributed by atoms with Gasteiger partial charge in [0.05, 0.1) is 28.5 Å². The van der Waals surface area contributed by atoms with Gasteiger partial charge in [0.15, 0.2) is 6.61 Å². The van der Waals surface area contributed by atoms with Crippen LogP contribution in [0.1, 0.15) is 39.2 Å². The molecule has 1 aromatic heterocycles. The summed E-state index contributed by atoms with van der Waals surface area (Å²) in [5.74, 6) is -1.49. The van der Waals surface area contributed by atoms with Crippen LogP contribution < -0.4 is 5.01 Å². The van der Waals surface area contributed by atoms with Crippen molar-refractivity contribution in [3.8, 4) is 0 Å². The summed E-state index contributed by atoms with van der Waals surface area (Å²) in [4.78, 5) is 31.1. The highest BCUT2D eigenvalue weighted by Crippen LogP contribution is 2.32. The van der Waals surface area contributed by atoms with Crippen LogP contribution in [0.25, 0.3) is 10.9 Å². The summed E-state index contributed by atoms with van der Waals surface area (Å²) in [6.45, 7) is -0.716. The lowest BCUT2D eigenvalue weighted by molar-refractivity contribution is -0.137. The molecule has 3 aromatic carbocycles. The quantitative estimate of drug-likeness (QED) is 0.180. The molecule has 4 aromatic rings. The number of pyridine rings is 1. The van der Waals surface area contributed by atoms with E-state index in [1.54, 1.807) is 42.5 Å². The first kappa shape index (κ1) is 25.1. The van der Waals surface area contributed by atoms with E-state index in [-0.39, 0.29) is 5.69 Å². The SMILES string of the molecule is O=C(OCC(=O)N(N=Cc1ccccc1)c1cccc(C(F)(F)F)c1)c1c2c(nc3ccccc13)CCC2. The highest BCUT2D eigenvalue weighted by atomic mass is 19.4. The minimum Gasteiger partial charge on any atom is -0.452 e. The maximum atomic E-state index is 13.3. The Balaban J connectivity index is 1.43. The maximum absolute atomic E-state index is 13.3. The van der Waals surface area contributed by atoms with Crippen LogP contribution in [0.4, 0.5) is 18.9 Å². The summed E-state index contributed by atoms with van der Waals surface area (Å²) < 4.78 is 45.5. The molecule has 0 radical (unpaired) electrons. The van der Waals surface area contributed by atoms with E-state index in [1.807, 2.05) is 12.1 Å². The first-order chi connectivity index (χ1) is 18.3. The van der Waals surface area contributed by atoms with E-state index in [0.29, 0.717) is 28.5 Å². The third-order valence-electron chi connectivity index (χ3n) is 6.23. The van der Waals surface area contributed by atoms with Crippen molar-refractivity contribution >= 4 is 34.7 Å². The molecule has 1 amide bonds. The zero-order valence-corrected chi connectivity index (χ0v) is 20.1. The number of alkyl halides is 3. The lowest BCUT2D eigenvalue weighted by Crippen LogP contribution is -2.31. The number of aromatic nitrogens is 1. The summed E-state index contributed by atoms with van der Waals surface area (Å²) >= 11 is 0. The summed E-state index contributed by atoms with van der Waals surface area (Å²) in [5.41, 5.74) is 2.26. The van der Waals surface area contributed by atoms with Crippen molar-refractivity contribution in [3.05, 3.63) is 107 Å². The number of fused-ring (bicyclic) bond motifs is 2. The van der Waals surface area contributed by atoms with Crippen LogP contribution in [0.15, 0.2) is 84.0 Å². The number of amides is 1. The molecule has 0 atom stereocenters. The largest absolute Gasteiger partial charge is 0.452 e. The van der Waals surface area contributed by atoms with Gasteiger partial charge in [-0.1, -0.05) is 54.6 Å². The van der Waals surface area contributed by atoms with Crippen LogP contribution >= 0.6 is 0 Å². The number of carbonyl (C=O) groups is 2. The van der Waals surface area contributed by atoms with Gasteiger partial charge in [0.1, 0.15) is 0 Å². The van der Waals surface area contributed by atoms with Gasteiger partial charge >= 0.3 is 12.1 Å². The molecule has 38 heavy (non-hydrogen) atoms. The molecule has 1 aliphatic carbocycles. The summed E-state index contributed by atoms with van der Waals surface area (Å²) in [6.07, 6.45) is -0.984. The number of hydrazone groups is 1. The lowest BCUT2D eigenvalue weighted by Gasteiger charge is -2.19. The fourth-order valence-electron chi connectivity index (χ4n) is 4.46. The van der Waals surface area contributed by atoms with Crippen molar-refractivity contribution in [2.45, 2.75) is 25.4 Å². The van der Waals surface area contributed by atoms with E-state index >= 15 is 0 Å². The topological polar surface area (TPSA) is 71.9 Å². The Morgan fingerprint density at radius 3 is 2.53 bits per heavy atom. The van der Waals surface area contributed by atoms with Crippen molar-refractivity contribution in [2.75, 3.05) is 11.6 Å². The third kappa shape index (κ3) is 5.27. The monoisotopic (exact) mass is 517 g/mol. The van der Waals surface area contributed by atoms with Gasteiger partial charge in [-0.15, -0.1) is 0 Å². The van der Waals surface area contributed by atoms with Crippen LogP contribution in [0, 0.1) is 0 Å². The normalized spacial score (nSPS) is 13.0. The summed E-state index contributed by atoms with van der Waals surface area (Å²) in [5, 5.41) is 5.57. The predicted octanol–water partition coefficient (Wildman–Crippen LogP) is 5.97. The minimum atomic E-state index is -4.61. The number of anilines is 1. The average molecular weight is 518 g/mol. The van der Waals surface area contributed by atoms with E-state index in [4.69, 9.17) is 4.74 Å². The first-order valence-corrected chi connectivity index (χ1v) is 12.0. The molecule has 0 aliphatic heterocycles. The average Bonchev–Trinajstić information content (AvgIpc) is 3.39. The number of hydrogen-bond donors (Lipinski definition) is 0. The molecule has 1 aliphatic rings. The second-order valence-corrected chi connectivity index (χ2v) is 8.77. The minimum absolute atomic E-state index is 0.108. The second-order valence-electron chi connectivity index (χ2n) is 8.77. The molecular formula is C29H22F3N3O3. The van der Waals surface area contributed by atoms with E-state index in [9.17, 15) is 22.8 Å². The van der Waals surface area contributed by atoms with Crippen molar-refractivity contribution in [2.24, 2.45) is 5.10 Å². The number of esters is 1. The molecule has 0 bridgehead atoms. The summed E-state index contributed by atoms with van der Waals surface area (Å²) in [7, 11) is 0. The lowest BCUT2D eigenvalue weighted by atomic mass is 10.0. The number of hydrogen-bond acceptors (Lipinski definition) is 5. The van der Waals surface area contributed by atoms with Crippen LogP contribution in [-0.2, 0) is 28.5 Å². The molecule has 9 heteroatoms. The molecule has 1 heterocycles. The van der Waals surface area contributed by atoms with E-state index < -0.39 is 30.2 Å². The van der Waals surface area contributed by atoms with Gasteiger partial charge in [-0.25, -0.2) is 4.79 Å². The maximum Gasteiger partial charge on any atom is 0.416 e. The van der Waals surface area contributed by atoms with Crippen molar-refractivity contribution in [1.29, 1.82) is 0 Å². The van der Waals surface area contributed by atoms with Crippen molar-refractivity contribution < 1.29 is 27.5 Å². The Labute approximate surface area is 216 Å². The first-order valence-electron chi connectivity index (χ1n) is 12.0. The van der Waals surface area contributed by atoms with Gasteiger partial charge in [-0.3, -0.25) is 9.78 Å². The molecule has 192 valence electrons. The Hall–Kier alpha value is -4.53. The van der Waals surface area contributed by atoms with Crippen molar-refractivity contribution in [3.63, 3.8) is 0 Å². The Morgan fingerprint density at radius 2 is 1.74 bits per heavy atom. The van der Waals surface area contributed by atoms with Crippen LogP contribution in [0.2, 0.25) is 0 Å². The molecule has 0 saturated heterocycles. The van der Waals surface area contributed by atoms with Gasteiger partial charge < -0.3 is 4.74 Å². The van der Waals surface area contributed by atoms with Crippen LogP contribution in [-0.4, -0.2) is 29.7 Å². The number of benzene rings is 3. The molecule has 5 rings (SSSR count). The predicted molar refractivity (Wildman–Crippen MR) is 137 cm³/mol. The van der Waals surface area contributed by atoms with Crippen molar-refractivity contribution in [1.82, 2.24) is 4.98 Å². The second kappa shape index (κ2) is 10.5. The van der Waals surface area contributed by atoms with Gasteiger partial charge in [0.2, 0.25) is 0 Å². The molecular weight excluding hydrogens is 495 g/mol. The van der Waals surface area contributed by atoms with Gasteiger partial charge in [-0.2, -0.15) is 23.3 Å². The molecule has 6 nitrogen and oxygen atoms in total. The molecule has 0 saturated carbocycles. The Bertz CT molecular complexity index is 1530. The number of aryl methyl sites for hydroxylation is 1. The number of ether oxygens (including phenoxy) is 1. The number of halogens is 3. The molecule has 0 unspecified atom stereocenters. The standard InChI is InChI=1S/C29H22F3N3O3/c30-29(31,32)20-10-6-11-21(16-20)35(33-17-19-8-2-1-3-9-19)26(36)18-38-28(37)27-22-12-4-5-14-24(22)34-25-15-7-13-23(25)27/h1-6,8-12,14,16-17H,7,13,15,18H2. The Kier molecular flexibility index (Phi) is 6.91. The van der Waals surface area contributed by atoms with Gasteiger partial charge in [0.25, 0.3) is 5.91 Å². The highest BCUT2D eigenvalue weighted by molar-refractivity contribution is 6.06. The highest BCUT2D eigenvalue weighted by Gasteiger charge is 2.32. The molecule has 0 N–H and O–H groups in total. The Morgan fingerprint density at radius 1 is 0.974 bits per heavy atom. The fourth-order valence-corrected chi connectivity index (χ4v) is 4.46.